The maximum atomic E-state index is 12.8. The Hall–Kier alpha value is -3.67. The molecule has 3 rings (SSSR count). The fourth-order valence-corrected chi connectivity index (χ4v) is 2.76. The zero-order valence-electron chi connectivity index (χ0n) is 15.8. The summed E-state index contributed by atoms with van der Waals surface area (Å²) < 4.78 is 0. The molecule has 142 valence electrons. The monoisotopic (exact) mass is 374 g/mol. The largest absolute Gasteiger partial charge is 0.377 e. The third kappa shape index (κ3) is 4.73. The van der Waals surface area contributed by atoms with E-state index >= 15 is 0 Å². The third-order valence-corrected chi connectivity index (χ3v) is 4.19. The molecule has 2 aromatic carbocycles. The van der Waals surface area contributed by atoms with Crippen molar-refractivity contribution < 1.29 is 9.59 Å². The van der Waals surface area contributed by atoms with E-state index in [9.17, 15) is 9.59 Å². The Morgan fingerprint density at radius 2 is 1.75 bits per heavy atom. The van der Waals surface area contributed by atoms with E-state index in [0.717, 1.165) is 11.3 Å². The van der Waals surface area contributed by atoms with Crippen molar-refractivity contribution in [3.8, 4) is 0 Å². The summed E-state index contributed by atoms with van der Waals surface area (Å²) in [5.74, 6) is -0.441. The van der Waals surface area contributed by atoms with Crippen molar-refractivity contribution in [2.24, 2.45) is 0 Å². The predicted octanol–water partition coefficient (Wildman–Crippen LogP) is 3.33. The molecular weight excluding hydrogens is 352 g/mol. The number of nitrogens with one attached hydrogen (secondary N) is 2. The van der Waals surface area contributed by atoms with Crippen molar-refractivity contribution in [2.75, 3.05) is 24.3 Å². The summed E-state index contributed by atoms with van der Waals surface area (Å²) in [6, 6.07) is 18.0. The number of aromatic nitrogens is 1. The minimum absolute atomic E-state index is 0.219. The summed E-state index contributed by atoms with van der Waals surface area (Å²) in [4.78, 5) is 31.1. The first-order valence-corrected chi connectivity index (χ1v) is 8.89. The molecule has 0 saturated heterocycles. The van der Waals surface area contributed by atoms with Gasteiger partial charge in [-0.1, -0.05) is 24.3 Å². The van der Waals surface area contributed by atoms with E-state index in [1.165, 1.54) is 0 Å². The summed E-state index contributed by atoms with van der Waals surface area (Å²) in [5.41, 5.74) is 3.28. The summed E-state index contributed by atoms with van der Waals surface area (Å²) >= 11 is 0. The van der Waals surface area contributed by atoms with E-state index in [0.29, 0.717) is 23.4 Å². The molecule has 2 amide bonds. The lowest BCUT2D eigenvalue weighted by atomic mass is 10.1. The first kappa shape index (κ1) is 19.1. The highest BCUT2D eigenvalue weighted by Gasteiger charge is 2.15. The van der Waals surface area contributed by atoms with Gasteiger partial charge in [-0.05, 0) is 42.0 Å². The Balaban J connectivity index is 1.79. The Morgan fingerprint density at radius 3 is 2.43 bits per heavy atom. The van der Waals surface area contributed by atoms with E-state index in [2.05, 4.69) is 15.6 Å². The fourth-order valence-electron chi connectivity index (χ4n) is 2.76. The minimum Gasteiger partial charge on any atom is -0.377 e. The molecule has 6 nitrogen and oxygen atoms in total. The molecular formula is C22H22N4O2. The molecule has 3 aromatic rings. The molecule has 0 radical (unpaired) electrons. The van der Waals surface area contributed by atoms with Gasteiger partial charge in [-0.25, -0.2) is 0 Å². The topological polar surface area (TPSA) is 74.3 Å². The number of nitrogens with zero attached hydrogens (tertiary/aromatic N) is 2. The van der Waals surface area contributed by atoms with Crippen LogP contribution in [0.2, 0.25) is 0 Å². The van der Waals surface area contributed by atoms with Gasteiger partial charge < -0.3 is 15.5 Å². The molecule has 6 heteroatoms. The second-order valence-corrected chi connectivity index (χ2v) is 6.49. The second-order valence-electron chi connectivity index (χ2n) is 6.49. The standard InChI is InChI=1S/C22H22N4O2/c1-26(2)20-11-10-18(25-21(27)17-8-4-3-5-9-17)13-19(20)22(28)24-15-16-7-6-12-23-14-16/h3-14H,15H2,1-2H3,(H,24,28)(H,25,27). The number of benzene rings is 2. The van der Waals surface area contributed by atoms with Crippen LogP contribution in [0.4, 0.5) is 11.4 Å². The van der Waals surface area contributed by atoms with Crippen LogP contribution in [-0.4, -0.2) is 30.9 Å². The van der Waals surface area contributed by atoms with Crippen LogP contribution in [-0.2, 0) is 6.54 Å². The van der Waals surface area contributed by atoms with Crippen LogP contribution in [0.5, 0.6) is 0 Å². The highest BCUT2D eigenvalue weighted by Crippen LogP contribution is 2.23. The Morgan fingerprint density at radius 1 is 0.964 bits per heavy atom. The van der Waals surface area contributed by atoms with Crippen molar-refractivity contribution >= 4 is 23.2 Å². The fraction of sp³-hybridized carbons (Fsp3) is 0.136. The number of anilines is 2. The Bertz CT molecular complexity index is 957. The lowest BCUT2D eigenvalue weighted by Gasteiger charge is -2.18. The van der Waals surface area contributed by atoms with Gasteiger partial charge in [0.1, 0.15) is 0 Å². The van der Waals surface area contributed by atoms with Gasteiger partial charge in [0.15, 0.2) is 0 Å². The lowest BCUT2D eigenvalue weighted by molar-refractivity contribution is 0.0950. The number of rotatable bonds is 6. The molecule has 0 aliphatic heterocycles. The van der Waals surface area contributed by atoms with E-state index < -0.39 is 0 Å². The van der Waals surface area contributed by atoms with E-state index in [1.54, 1.807) is 48.8 Å². The van der Waals surface area contributed by atoms with Crippen LogP contribution in [0.15, 0.2) is 73.1 Å². The highest BCUT2D eigenvalue weighted by atomic mass is 16.2. The summed E-state index contributed by atoms with van der Waals surface area (Å²) in [5, 5.41) is 5.75. The van der Waals surface area contributed by atoms with E-state index in [4.69, 9.17) is 0 Å². The zero-order chi connectivity index (χ0) is 19.9. The van der Waals surface area contributed by atoms with Crippen LogP contribution in [0.3, 0.4) is 0 Å². The molecule has 0 saturated carbocycles. The van der Waals surface area contributed by atoms with Gasteiger partial charge in [0.25, 0.3) is 11.8 Å². The molecule has 0 aliphatic carbocycles. The predicted molar refractivity (Wildman–Crippen MR) is 111 cm³/mol. The van der Waals surface area contributed by atoms with Crippen molar-refractivity contribution in [3.63, 3.8) is 0 Å². The van der Waals surface area contributed by atoms with Gasteiger partial charge in [-0.15, -0.1) is 0 Å². The lowest BCUT2D eigenvalue weighted by Crippen LogP contribution is -2.25. The van der Waals surface area contributed by atoms with E-state index in [1.807, 2.05) is 43.3 Å². The maximum absolute atomic E-state index is 12.8. The third-order valence-electron chi connectivity index (χ3n) is 4.19. The number of pyridine rings is 1. The molecule has 1 aromatic heterocycles. The van der Waals surface area contributed by atoms with Gasteiger partial charge in [-0.3, -0.25) is 14.6 Å². The zero-order valence-corrected chi connectivity index (χ0v) is 15.8. The molecule has 0 atom stereocenters. The second kappa shape index (κ2) is 8.81. The van der Waals surface area contributed by atoms with E-state index in [-0.39, 0.29) is 11.8 Å². The molecule has 28 heavy (non-hydrogen) atoms. The average Bonchev–Trinajstić information content (AvgIpc) is 2.73. The van der Waals surface area contributed by atoms with Crippen molar-refractivity contribution in [1.82, 2.24) is 10.3 Å². The van der Waals surface area contributed by atoms with Crippen LogP contribution >= 0.6 is 0 Å². The van der Waals surface area contributed by atoms with Crippen molar-refractivity contribution in [1.29, 1.82) is 0 Å². The number of carbonyl (C=O) groups is 2. The highest BCUT2D eigenvalue weighted by molar-refractivity contribution is 6.06. The molecule has 1 heterocycles. The van der Waals surface area contributed by atoms with Crippen LogP contribution in [0.1, 0.15) is 26.3 Å². The Labute approximate surface area is 164 Å². The van der Waals surface area contributed by atoms with Crippen LogP contribution in [0, 0.1) is 0 Å². The SMILES string of the molecule is CN(C)c1ccc(NC(=O)c2ccccc2)cc1C(=O)NCc1cccnc1. The molecule has 0 aliphatic rings. The van der Waals surface area contributed by atoms with Crippen molar-refractivity contribution in [3.05, 3.63) is 89.7 Å². The smallest absolute Gasteiger partial charge is 0.255 e. The minimum atomic E-state index is -0.222. The number of hydrogen-bond donors (Lipinski definition) is 2. The van der Waals surface area contributed by atoms with Crippen LogP contribution < -0.4 is 15.5 Å². The first-order chi connectivity index (χ1) is 13.5. The summed E-state index contributed by atoms with van der Waals surface area (Å²) in [6.45, 7) is 0.375. The maximum Gasteiger partial charge on any atom is 0.255 e. The van der Waals surface area contributed by atoms with Gasteiger partial charge in [0.2, 0.25) is 0 Å². The molecule has 0 spiro atoms. The van der Waals surface area contributed by atoms with Gasteiger partial charge in [-0.2, -0.15) is 0 Å². The molecule has 0 bridgehead atoms. The molecule has 0 fully saturated rings. The normalized spacial score (nSPS) is 10.2. The van der Waals surface area contributed by atoms with Crippen LogP contribution in [0.25, 0.3) is 0 Å². The number of hydrogen-bond acceptors (Lipinski definition) is 4. The number of carbonyl (C=O) groups excluding carboxylic acids is 2. The molecule has 2 N–H and O–H groups in total. The van der Waals surface area contributed by atoms with Gasteiger partial charge >= 0.3 is 0 Å². The van der Waals surface area contributed by atoms with Gasteiger partial charge in [0, 0.05) is 50.0 Å². The van der Waals surface area contributed by atoms with Crippen molar-refractivity contribution in [2.45, 2.75) is 6.54 Å². The average molecular weight is 374 g/mol. The summed E-state index contributed by atoms with van der Waals surface area (Å²) in [6.07, 6.45) is 3.40. The quantitative estimate of drug-likeness (QED) is 0.694. The first-order valence-electron chi connectivity index (χ1n) is 8.89. The Kier molecular flexibility index (Phi) is 6.01. The summed E-state index contributed by atoms with van der Waals surface area (Å²) in [7, 11) is 3.74. The molecule has 0 unspecified atom stereocenters. The number of amides is 2. The van der Waals surface area contributed by atoms with Gasteiger partial charge in [0.05, 0.1) is 5.56 Å².